The Balaban J connectivity index is 4.50. The Hall–Kier alpha value is -0.465. The Morgan fingerprint density at radius 3 is 1.86 bits per heavy atom. The maximum absolute atomic E-state index is 10.7. The fourth-order valence-corrected chi connectivity index (χ4v) is 1.63. The highest BCUT2D eigenvalue weighted by Crippen LogP contribution is 2.39. The molecule has 0 aromatic rings. The molecule has 14 heavy (non-hydrogen) atoms. The van der Waals surface area contributed by atoms with Gasteiger partial charge in [0.2, 0.25) is 5.87 Å². The molecule has 1 N–H and O–H groups in total. The van der Waals surface area contributed by atoms with E-state index in [1.165, 1.54) is 0 Å². The SMILES string of the molecule is CC(C)(C)CC(BC(=O)O)C(C)(C)C. The molecule has 0 fully saturated rings. The molecule has 0 radical (unpaired) electrons. The molecule has 1 unspecified atom stereocenters. The normalized spacial score (nSPS) is 15.0. The molecule has 82 valence electrons. The Labute approximate surface area is 88.3 Å². The standard InChI is InChI=1S/C11H23BO2/c1-10(2,3)7-8(11(4,5)6)12-9(13)14/h8,12H,7H2,1-6H3,(H,13,14). The van der Waals surface area contributed by atoms with Gasteiger partial charge in [-0.05, 0) is 16.6 Å². The first kappa shape index (κ1) is 13.5. The third-order valence-electron chi connectivity index (χ3n) is 2.50. The molecule has 0 bridgehead atoms. The average molecular weight is 198 g/mol. The van der Waals surface area contributed by atoms with E-state index in [1.54, 1.807) is 0 Å². The zero-order valence-corrected chi connectivity index (χ0v) is 10.3. The Kier molecular flexibility index (Phi) is 4.23. The highest BCUT2D eigenvalue weighted by Gasteiger charge is 2.31. The van der Waals surface area contributed by atoms with Crippen molar-refractivity contribution in [1.29, 1.82) is 0 Å². The maximum Gasteiger partial charge on any atom is 0.263 e. The summed E-state index contributed by atoms with van der Waals surface area (Å²) in [7, 11) is 0.279. The van der Waals surface area contributed by atoms with Crippen LogP contribution in [0.1, 0.15) is 48.0 Å². The summed E-state index contributed by atoms with van der Waals surface area (Å²) in [4.78, 5) is 10.7. The van der Waals surface area contributed by atoms with Crippen molar-refractivity contribution in [3.8, 4) is 0 Å². The number of carboxylic acid groups (broad SMARTS) is 1. The summed E-state index contributed by atoms with van der Waals surface area (Å²) in [6.07, 6.45) is 0.961. The lowest BCUT2D eigenvalue weighted by molar-refractivity contribution is 0.216. The van der Waals surface area contributed by atoms with Crippen LogP contribution in [0.15, 0.2) is 0 Å². The first-order valence-corrected chi connectivity index (χ1v) is 5.24. The summed E-state index contributed by atoms with van der Waals surface area (Å²) in [6, 6.07) is 0. The average Bonchev–Trinajstić information content (AvgIpc) is 1.78. The van der Waals surface area contributed by atoms with Gasteiger partial charge in [0.1, 0.15) is 0 Å². The number of hydrogen-bond donors (Lipinski definition) is 1. The molecule has 0 heterocycles. The van der Waals surface area contributed by atoms with Crippen molar-refractivity contribution < 1.29 is 9.90 Å². The van der Waals surface area contributed by atoms with Gasteiger partial charge in [-0.2, -0.15) is 0 Å². The fourth-order valence-electron chi connectivity index (χ4n) is 1.63. The molecule has 1 atom stereocenters. The summed E-state index contributed by atoms with van der Waals surface area (Å²) in [5.74, 6) is -0.436. The van der Waals surface area contributed by atoms with Crippen molar-refractivity contribution in [2.75, 3.05) is 0 Å². The fraction of sp³-hybridized carbons (Fsp3) is 0.909. The first-order chi connectivity index (χ1) is 6.02. The second kappa shape index (κ2) is 4.37. The van der Waals surface area contributed by atoms with E-state index < -0.39 is 5.87 Å². The van der Waals surface area contributed by atoms with Gasteiger partial charge in [-0.3, -0.25) is 4.79 Å². The molecule has 0 aliphatic rings. The summed E-state index contributed by atoms with van der Waals surface area (Å²) >= 11 is 0. The highest BCUT2D eigenvalue weighted by molar-refractivity contribution is 6.72. The van der Waals surface area contributed by atoms with Crippen LogP contribution in [0.5, 0.6) is 0 Å². The molecule has 0 spiro atoms. The lowest BCUT2D eigenvalue weighted by Crippen LogP contribution is -2.28. The van der Waals surface area contributed by atoms with Crippen LogP contribution in [0.2, 0.25) is 5.82 Å². The summed E-state index contributed by atoms with van der Waals surface area (Å²) in [6.45, 7) is 12.8. The number of rotatable bonds is 3. The van der Waals surface area contributed by atoms with Crippen LogP contribution in [0.25, 0.3) is 0 Å². The van der Waals surface area contributed by atoms with Gasteiger partial charge < -0.3 is 5.11 Å². The zero-order chi connectivity index (χ0) is 11.6. The lowest BCUT2D eigenvalue weighted by atomic mass is 9.51. The molecular weight excluding hydrogens is 175 g/mol. The van der Waals surface area contributed by atoms with E-state index in [9.17, 15) is 4.79 Å². The minimum Gasteiger partial charge on any atom is -0.489 e. The first-order valence-electron chi connectivity index (χ1n) is 5.24. The molecule has 0 rings (SSSR count). The second-order valence-corrected chi connectivity index (χ2v) is 6.43. The van der Waals surface area contributed by atoms with E-state index in [2.05, 4.69) is 41.5 Å². The largest absolute Gasteiger partial charge is 0.489 e. The molecule has 0 aliphatic carbocycles. The van der Waals surface area contributed by atoms with Crippen LogP contribution >= 0.6 is 0 Å². The van der Waals surface area contributed by atoms with Crippen LogP contribution < -0.4 is 0 Å². The summed E-state index contributed by atoms with van der Waals surface area (Å²) < 4.78 is 0. The molecule has 2 nitrogen and oxygen atoms in total. The monoisotopic (exact) mass is 198 g/mol. The smallest absolute Gasteiger partial charge is 0.263 e. The minimum atomic E-state index is -0.686. The van der Waals surface area contributed by atoms with Crippen molar-refractivity contribution >= 4 is 13.1 Å². The quantitative estimate of drug-likeness (QED) is 0.706. The van der Waals surface area contributed by atoms with Gasteiger partial charge in [-0.1, -0.05) is 48.0 Å². The molecule has 0 aliphatic heterocycles. The maximum atomic E-state index is 10.7. The van der Waals surface area contributed by atoms with Gasteiger partial charge in [-0.15, -0.1) is 0 Å². The van der Waals surface area contributed by atoms with Gasteiger partial charge >= 0.3 is 0 Å². The number of carbonyl (C=O) groups is 1. The topological polar surface area (TPSA) is 37.3 Å². The molecule has 0 saturated carbocycles. The highest BCUT2D eigenvalue weighted by atomic mass is 16.4. The van der Waals surface area contributed by atoms with E-state index in [0.29, 0.717) is 0 Å². The van der Waals surface area contributed by atoms with Gasteiger partial charge in [0, 0.05) is 0 Å². The van der Waals surface area contributed by atoms with E-state index in [-0.39, 0.29) is 23.9 Å². The molecule has 0 aromatic heterocycles. The summed E-state index contributed by atoms with van der Waals surface area (Å²) in [5.41, 5.74) is 0.277. The van der Waals surface area contributed by atoms with Crippen LogP contribution in [-0.2, 0) is 0 Å². The van der Waals surface area contributed by atoms with Crippen LogP contribution in [0, 0.1) is 10.8 Å². The third kappa shape index (κ3) is 6.06. The van der Waals surface area contributed by atoms with Gasteiger partial charge in [-0.25, -0.2) is 0 Å². The Bertz CT molecular complexity index is 198. The third-order valence-corrected chi connectivity index (χ3v) is 2.50. The van der Waals surface area contributed by atoms with Gasteiger partial charge in [0.05, 0.1) is 0 Å². The van der Waals surface area contributed by atoms with Gasteiger partial charge in [0.15, 0.2) is 0 Å². The van der Waals surface area contributed by atoms with E-state index in [1.807, 2.05) is 0 Å². The van der Waals surface area contributed by atoms with Crippen molar-refractivity contribution in [2.45, 2.75) is 53.8 Å². The van der Waals surface area contributed by atoms with Crippen LogP contribution in [-0.4, -0.2) is 18.3 Å². The van der Waals surface area contributed by atoms with Crippen LogP contribution in [0.4, 0.5) is 4.79 Å². The Morgan fingerprint density at radius 2 is 1.64 bits per heavy atom. The molecule has 0 saturated heterocycles. The number of hydrogen-bond acceptors (Lipinski definition) is 1. The summed E-state index contributed by atoms with van der Waals surface area (Å²) in [5, 5.41) is 8.84. The van der Waals surface area contributed by atoms with E-state index in [4.69, 9.17) is 5.11 Å². The zero-order valence-electron chi connectivity index (χ0n) is 10.3. The molecule has 3 heteroatoms. The lowest BCUT2D eigenvalue weighted by Gasteiger charge is -2.34. The Morgan fingerprint density at radius 1 is 1.21 bits per heavy atom. The van der Waals surface area contributed by atoms with Crippen LogP contribution in [0.3, 0.4) is 0 Å². The van der Waals surface area contributed by atoms with Crippen molar-refractivity contribution in [2.24, 2.45) is 10.8 Å². The minimum absolute atomic E-state index is 0.0751. The van der Waals surface area contributed by atoms with Gasteiger partial charge in [0.25, 0.3) is 7.28 Å². The second-order valence-electron chi connectivity index (χ2n) is 6.43. The molecular formula is C11H23BO2. The van der Waals surface area contributed by atoms with Crippen molar-refractivity contribution in [3.05, 3.63) is 0 Å². The molecule has 0 aromatic carbocycles. The predicted octanol–water partition coefficient (Wildman–Crippen LogP) is 3.37. The predicted molar refractivity (Wildman–Crippen MR) is 62.5 cm³/mol. The van der Waals surface area contributed by atoms with Crippen molar-refractivity contribution in [1.82, 2.24) is 0 Å². The van der Waals surface area contributed by atoms with E-state index >= 15 is 0 Å². The molecule has 0 amide bonds. The van der Waals surface area contributed by atoms with E-state index in [0.717, 1.165) is 6.42 Å². The van der Waals surface area contributed by atoms with Crippen molar-refractivity contribution in [3.63, 3.8) is 0 Å².